The minimum atomic E-state index is -1.09. The molecule has 2 aromatic rings. The quantitative estimate of drug-likeness (QED) is 0.364. The van der Waals surface area contributed by atoms with Crippen LogP contribution in [-0.2, 0) is 0 Å². The van der Waals surface area contributed by atoms with Crippen LogP contribution in [0.3, 0.4) is 0 Å². The molecule has 10 heteroatoms. The molecule has 0 aromatic heterocycles. The Morgan fingerprint density at radius 1 is 1.19 bits per heavy atom. The number of carbonyl (C=O) groups excluding carboxylic acids is 1. The van der Waals surface area contributed by atoms with Crippen LogP contribution in [0.1, 0.15) is 40.5 Å². The lowest BCUT2D eigenvalue weighted by Gasteiger charge is -2.33. The number of nitrogens with one attached hydrogen (secondary N) is 2. The van der Waals surface area contributed by atoms with E-state index in [4.69, 9.17) is 17.3 Å². The second-order valence-corrected chi connectivity index (χ2v) is 7.83. The van der Waals surface area contributed by atoms with Gasteiger partial charge in [0.05, 0.1) is 21.7 Å². The van der Waals surface area contributed by atoms with Gasteiger partial charge in [-0.3, -0.25) is 20.2 Å². The van der Waals surface area contributed by atoms with Crippen LogP contribution >= 0.6 is 12.2 Å². The van der Waals surface area contributed by atoms with Crippen LogP contribution < -0.4 is 15.5 Å². The van der Waals surface area contributed by atoms with Crippen molar-refractivity contribution in [2.24, 2.45) is 5.92 Å². The third-order valence-corrected chi connectivity index (χ3v) is 5.36. The fraction of sp³-hybridized carbons (Fsp3) is 0.286. The summed E-state index contributed by atoms with van der Waals surface area (Å²) in [5.74, 6) is -1.08. The van der Waals surface area contributed by atoms with E-state index in [2.05, 4.69) is 17.6 Å². The van der Waals surface area contributed by atoms with E-state index in [9.17, 15) is 19.7 Å². The number of amides is 1. The molecular formula is C21H22N4O5S. The first-order chi connectivity index (χ1) is 14.7. The highest BCUT2D eigenvalue weighted by atomic mass is 32.1. The van der Waals surface area contributed by atoms with Gasteiger partial charge < -0.3 is 15.3 Å². The lowest BCUT2D eigenvalue weighted by atomic mass is 9.98. The van der Waals surface area contributed by atoms with Gasteiger partial charge in [-0.15, -0.1) is 0 Å². The van der Waals surface area contributed by atoms with E-state index in [0.29, 0.717) is 17.3 Å². The molecule has 1 saturated heterocycles. The molecular weight excluding hydrogens is 420 g/mol. The van der Waals surface area contributed by atoms with Crippen molar-refractivity contribution in [1.82, 2.24) is 5.32 Å². The van der Waals surface area contributed by atoms with Gasteiger partial charge in [0.25, 0.3) is 11.6 Å². The van der Waals surface area contributed by atoms with E-state index in [-0.39, 0.29) is 21.9 Å². The number of nitro benzene ring substituents is 1. The van der Waals surface area contributed by atoms with Gasteiger partial charge in [-0.2, -0.15) is 0 Å². The highest BCUT2D eigenvalue weighted by Crippen LogP contribution is 2.29. The molecule has 0 aliphatic carbocycles. The Morgan fingerprint density at radius 3 is 2.55 bits per heavy atom. The molecule has 1 heterocycles. The Hall–Kier alpha value is -3.53. The van der Waals surface area contributed by atoms with E-state index in [1.807, 2.05) is 4.90 Å². The highest BCUT2D eigenvalue weighted by Gasteiger charge is 2.24. The van der Waals surface area contributed by atoms with Gasteiger partial charge in [-0.05, 0) is 55.2 Å². The third kappa shape index (κ3) is 5.54. The summed E-state index contributed by atoms with van der Waals surface area (Å²) in [7, 11) is 0. The van der Waals surface area contributed by atoms with Gasteiger partial charge in [-0.25, -0.2) is 4.79 Å². The molecule has 1 amide bonds. The zero-order chi connectivity index (χ0) is 22.5. The lowest BCUT2D eigenvalue weighted by molar-refractivity contribution is -0.384. The van der Waals surface area contributed by atoms with E-state index in [1.54, 1.807) is 18.2 Å². The van der Waals surface area contributed by atoms with E-state index < -0.39 is 16.8 Å². The van der Waals surface area contributed by atoms with Crippen molar-refractivity contribution >= 4 is 46.3 Å². The van der Waals surface area contributed by atoms with Crippen LogP contribution in [0, 0.1) is 16.0 Å². The fourth-order valence-corrected chi connectivity index (χ4v) is 3.62. The zero-order valence-electron chi connectivity index (χ0n) is 16.8. The van der Waals surface area contributed by atoms with E-state index in [1.165, 1.54) is 24.3 Å². The van der Waals surface area contributed by atoms with Crippen molar-refractivity contribution in [2.75, 3.05) is 23.3 Å². The first-order valence-electron chi connectivity index (χ1n) is 9.73. The molecule has 1 aliphatic rings. The van der Waals surface area contributed by atoms with E-state index >= 15 is 0 Å². The summed E-state index contributed by atoms with van der Waals surface area (Å²) in [4.78, 5) is 36.8. The van der Waals surface area contributed by atoms with Gasteiger partial charge in [-0.1, -0.05) is 13.0 Å². The molecule has 0 unspecified atom stereocenters. The van der Waals surface area contributed by atoms with Crippen LogP contribution in [0.5, 0.6) is 0 Å². The predicted octanol–water partition coefficient (Wildman–Crippen LogP) is 3.66. The molecule has 9 nitrogen and oxygen atoms in total. The van der Waals surface area contributed by atoms with Crippen molar-refractivity contribution in [2.45, 2.75) is 19.8 Å². The Morgan fingerprint density at radius 2 is 1.90 bits per heavy atom. The molecule has 31 heavy (non-hydrogen) atoms. The molecule has 1 fully saturated rings. The molecule has 0 bridgehead atoms. The molecule has 3 N–H and O–H groups in total. The third-order valence-electron chi connectivity index (χ3n) is 5.15. The maximum Gasteiger partial charge on any atom is 0.335 e. The number of rotatable bonds is 5. The Balaban J connectivity index is 1.80. The number of nitrogens with zero attached hydrogens (tertiary/aromatic N) is 2. The number of non-ortho nitro benzene ring substituents is 1. The number of nitro groups is 1. The molecule has 3 rings (SSSR count). The number of carboxylic acids is 1. The van der Waals surface area contributed by atoms with Crippen molar-refractivity contribution < 1.29 is 19.6 Å². The average molecular weight is 442 g/mol. The monoisotopic (exact) mass is 442 g/mol. The number of carbonyl (C=O) groups is 2. The summed E-state index contributed by atoms with van der Waals surface area (Å²) in [6.45, 7) is 3.68. The number of benzene rings is 2. The number of hydrogen-bond donors (Lipinski definition) is 3. The summed E-state index contributed by atoms with van der Waals surface area (Å²) < 4.78 is 0. The molecule has 0 atom stereocenters. The molecule has 0 saturated carbocycles. The standard InChI is InChI=1S/C21H22N4O5S/c1-13-7-9-24(10-8-13)18-6-5-16(25(29)30)12-17(18)19(26)23-21(31)22-15-4-2-3-14(11-15)20(27)28/h2-6,11-13H,7-10H2,1H3,(H,27,28)(H2,22,23,26,31). The summed E-state index contributed by atoms with van der Waals surface area (Å²) >= 11 is 5.18. The van der Waals surface area contributed by atoms with Crippen LogP contribution in [-0.4, -0.2) is 40.1 Å². The molecule has 1 aliphatic heterocycles. The zero-order valence-corrected chi connectivity index (χ0v) is 17.6. The largest absolute Gasteiger partial charge is 0.478 e. The number of aromatic carboxylic acids is 1. The van der Waals surface area contributed by atoms with Crippen LogP contribution in [0.2, 0.25) is 0 Å². The summed E-state index contributed by atoms with van der Waals surface area (Å²) in [6.07, 6.45) is 1.94. The van der Waals surface area contributed by atoms with Gasteiger partial charge in [0.1, 0.15) is 0 Å². The summed E-state index contributed by atoms with van der Waals surface area (Å²) in [5.41, 5.74) is 1.05. The highest BCUT2D eigenvalue weighted by molar-refractivity contribution is 7.80. The van der Waals surface area contributed by atoms with Gasteiger partial charge >= 0.3 is 5.97 Å². The van der Waals surface area contributed by atoms with Crippen LogP contribution in [0.4, 0.5) is 17.1 Å². The maximum atomic E-state index is 12.9. The fourth-order valence-electron chi connectivity index (χ4n) is 3.41. The molecule has 162 valence electrons. The second-order valence-electron chi connectivity index (χ2n) is 7.42. The molecule has 0 spiro atoms. The van der Waals surface area contributed by atoms with Crippen molar-refractivity contribution in [1.29, 1.82) is 0 Å². The minimum Gasteiger partial charge on any atom is -0.478 e. The van der Waals surface area contributed by atoms with Crippen LogP contribution in [0.25, 0.3) is 0 Å². The maximum absolute atomic E-state index is 12.9. The average Bonchev–Trinajstić information content (AvgIpc) is 2.74. The molecule has 2 aromatic carbocycles. The smallest absolute Gasteiger partial charge is 0.335 e. The summed E-state index contributed by atoms with van der Waals surface area (Å²) in [5, 5.41) is 25.6. The van der Waals surface area contributed by atoms with Crippen LogP contribution in [0.15, 0.2) is 42.5 Å². The van der Waals surface area contributed by atoms with Gasteiger partial charge in [0.15, 0.2) is 5.11 Å². The van der Waals surface area contributed by atoms with Gasteiger partial charge in [0.2, 0.25) is 0 Å². The number of piperidine rings is 1. The molecule has 0 radical (unpaired) electrons. The number of hydrogen-bond acceptors (Lipinski definition) is 6. The van der Waals surface area contributed by atoms with E-state index in [0.717, 1.165) is 25.9 Å². The Bertz CT molecular complexity index is 1030. The minimum absolute atomic E-state index is 0.0442. The number of carboxylic acid groups (broad SMARTS) is 1. The lowest BCUT2D eigenvalue weighted by Crippen LogP contribution is -2.37. The second kappa shape index (κ2) is 9.52. The van der Waals surface area contributed by atoms with Crippen molar-refractivity contribution in [3.05, 3.63) is 63.7 Å². The van der Waals surface area contributed by atoms with Gasteiger partial charge in [0, 0.05) is 30.9 Å². The number of anilines is 2. The topological polar surface area (TPSA) is 125 Å². The predicted molar refractivity (Wildman–Crippen MR) is 121 cm³/mol. The van der Waals surface area contributed by atoms with Crippen molar-refractivity contribution in [3.8, 4) is 0 Å². The Kier molecular flexibility index (Phi) is 6.81. The number of thiocarbonyl (C=S) groups is 1. The Labute approximate surface area is 184 Å². The summed E-state index contributed by atoms with van der Waals surface area (Å²) in [6, 6.07) is 10.2. The first-order valence-corrected chi connectivity index (χ1v) is 10.1. The van der Waals surface area contributed by atoms with Crippen molar-refractivity contribution in [3.63, 3.8) is 0 Å². The first kappa shape index (κ1) is 22.2. The SMILES string of the molecule is CC1CCN(c2ccc([N+](=O)[O-])cc2C(=O)NC(=S)Nc2cccc(C(=O)O)c2)CC1. The normalized spacial score (nSPS) is 14.0.